The number of alkyl halides is 3. The topological polar surface area (TPSA) is 46.2 Å². The van der Waals surface area contributed by atoms with Gasteiger partial charge < -0.3 is 10.8 Å². The van der Waals surface area contributed by atoms with E-state index in [4.69, 9.17) is 5.73 Å². The SMILES string of the molecule is C[C@@H](O)CCc1c([C@@H](C)N)cccc1C(F)(F)F.Cl. The van der Waals surface area contributed by atoms with Crippen molar-refractivity contribution in [2.24, 2.45) is 5.73 Å². The van der Waals surface area contributed by atoms with Crippen molar-refractivity contribution in [3.05, 3.63) is 34.9 Å². The van der Waals surface area contributed by atoms with Gasteiger partial charge in [-0.3, -0.25) is 0 Å². The summed E-state index contributed by atoms with van der Waals surface area (Å²) >= 11 is 0. The molecule has 1 aromatic rings. The highest BCUT2D eigenvalue weighted by Gasteiger charge is 2.34. The van der Waals surface area contributed by atoms with Crippen molar-refractivity contribution < 1.29 is 18.3 Å². The minimum Gasteiger partial charge on any atom is -0.393 e. The van der Waals surface area contributed by atoms with Crippen molar-refractivity contribution in [3.63, 3.8) is 0 Å². The number of hydrogen-bond acceptors (Lipinski definition) is 2. The van der Waals surface area contributed by atoms with Crippen molar-refractivity contribution in [2.75, 3.05) is 0 Å². The number of nitrogens with two attached hydrogens (primary N) is 1. The van der Waals surface area contributed by atoms with Gasteiger partial charge >= 0.3 is 6.18 Å². The molecule has 0 bridgehead atoms. The average Bonchev–Trinajstić information content (AvgIpc) is 2.24. The second-order valence-electron chi connectivity index (χ2n) is 4.55. The molecular formula is C13H19ClF3NO. The van der Waals surface area contributed by atoms with Gasteiger partial charge in [0.15, 0.2) is 0 Å². The minimum absolute atomic E-state index is 0. The molecule has 19 heavy (non-hydrogen) atoms. The molecule has 1 aromatic carbocycles. The van der Waals surface area contributed by atoms with E-state index in [0.717, 1.165) is 6.07 Å². The maximum Gasteiger partial charge on any atom is 0.416 e. The van der Waals surface area contributed by atoms with Crippen molar-refractivity contribution in [1.29, 1.82) is 0 Å². The number of halogens is 4. The molecule has 0 aliphatic carbocycles. The van der Waals surface area contributed by atoms with Gasteiger partial charge in [-0.05, 0) is 43.9 Å². The first-order valence-corrected chi connectivity index (χ1v) is 5.86. The molecule has 0 aliphatic rings. The molecule has 0 unspecified atom stereocenters. The fraction of sp³-hybridized carbons (Fsp3) is 0.538. The molecule has 6 heteroatoms. The Hall–Kier alpha value is -0.780. The number of benzene rings is 1. The van der Waals surface area contributed by atoms with Crippen LogP contribution in [0.1, 0.15) is 43.0 Å². The van der Waals surface area contributed by atoms with Gasteiger partial charge in [0.05, 0.1) is 11.7 Å². The van der Waals surface area contributed by atoms with E-state index >= 15 is 0 Å². The van der Waals surface area contributed by atoms with Crippen LogP contribution in [0, 0.1) is 0 Å². The third-order valence-corrected chi connectivity index (χ3v) is 2.82. The quantitative estimate of drug-likeness (QED) is 0.894. The fourth-order valence-corrected chi connectivity index (χ4v) is 1.93. The highest BCUT2D eigenvalue weighted by molar-refractivity contribution is 5.85. The number of aliphatic hydroxyl groups is 1. The van der Waals surface area contributed by atoms with Crippen LogP contribution < -0.4 is 5.73 Å². The van der Waals surface area contributed by atoms with E-state index < -0.39 is 23.9 Å². The van der Waals surface area contributed by atoms with Gasteiger partial charge in [0.2, 0.25) is 0 Å². The summed E-state index contributed by atoms with van der Waals surface area (Å²) < 4.78 is 38.7. The van der Waals surface area contributed by atoms with Gasteiger partial charge in [-0.25, -0.2) is 0 Å². The van der Waals surface area contributed by atoms with Gasteiger partial charge in [0.1, 0.15) is 0 Å². The summed E-state index contributed by atoms with van der Waals surface area (Å²) in [6, 6.07) is 3.57. The third-order valence-electron chi connectivity index (χ3n) is 2.82. The predicted molar refractivity (Wildman–Crippen MR) is 71.3 cm³/mol. The smallest absolute Gasteiger partial charge is 0.393 e. The summed E-state index contributed by atoms with van der Waals surface area (Å²) in [5.41, 5.74) is 5.74. The Balaban J connectivity index is 0.00000324. The Labute approximate surface area is 117 Å². The maximum atomic E-state index is 12.9. The summed E-state index contributed by atoms with van der Waals surface area (Å²) in [6.07, 6.45) is -4.57. The Morgan fingerprint density at radius 3 is 2.26 bits per heavy atom. The van der Waals surface area contributed by atoms with E-state index in [-0.39, 0.29) is 30.8 Å². The van der Waals surface area contributed by atoms with Gasteiger partial charge in [-0.15, -0.1) is 12.4 Å². The van der Waals surface area contributed by atoms with Gasteiger partial charge in [-0.2, -0.15) is 13.2 Å². The highest BCUT2D eigenvalue weighted by atomic mass is 35.5. The number of rotatable bonds is 4. The fourth-order valence-electron chi connectivity index (χ4n) is 1.93. The summed E-state index contributed by atoms with van der Waals surface area (Å²) in [5, 5.41) is 9.22. The van der Waals surface area contributed by atoms with E-state index in [2.05, 4.69) is 0 Å². The van der Waals surface area contributed by atoms with Gasteiger partial charge in [0.25, 0.3) is 0 Å². The summed E-state index contributed by atoms with van der Waals surface area (Å²) in [5.74, 6) is 0. The van der Waals surface area contributed by atoms with Crippen LogP contribution in [0.25, 0.3) is 0 Å². The first-order valence-electron chi connectivity index (χ1n) is 5.86. The summed E-state index contributed by atoms with van der Waals surface area (Å²) in [7, 11) is 0. The van der Waals surface area contributed by atoms with Crippen LogP contribution in [0.5, 0.6) is 0 Å². The zero-order valence-electron chi connectivity index (χ0n) is 10.9. The lowest BCUT2D eigenvalue weighted by Crippen LogP contribution is -2.16. The van der Waals surface area contributed by atoms with Crippen molar-refractivity contribution in [1.82, 2.24) is 0 Å². The summed E-state index contributed by atoms with van der Waals surface area (Å²) in [4.78, 5) is 0. The third kappa shape index (κ3) is 5.01. The first kappa shape index (κ1) is 18.2. The van der Waals surface area contributed by atoms with E-state index in [1.54, 1.807) is 19.9 Å². The highest BCUT2D eigenvalue weighted by Crippen LogP contribution is 2.35. The lowest BCUT2D eigenvalue weighted by atomic mass is 9.92. The van der Waals surface area contributed by atoms with Crippen LogP contribution in [0.2, 0.25) is 0 Å². The molecule has 110 valence electrons. The lowest BCUT2D eigenvalue weighted by Gasteiger charge is -2.19. The van der Waals surface area contributed by atoms with Gasteiger partial charge in [-0.1, -0.05) is 12.1 Å². The molecule has 3 N–H and O–H groups in total. The standard InChI is InChI=1S/C13H18F3NO.ClH/c1-8(18)6-7-11-10(9(2)17)4-3-5-12(11)13(14,15)16;/h3-5,8-9,18H,6-7,17H2,1-2H3;1H/t8-,9-;/m1./s1. The Kier molecular flexibility index (Phi) is 6.83. The van der Waals surface area contributed by atoms with Crippen LogP contribution in [0.4, 0.5) is 13.2 Å². The number of aliphatic hydroxyl groups excluding tert-OH is 1. The van der Waals surface area contributed by atoms with Crippen molar-refractivity contribution in [2.45, 2.75) is 45.0 Å². The summed E-state index contributed by atoms with van der Waals surface area (Å²) in [6.45, 7) is 3.21. The average molecular weight is 298 g/mol. The normalized spacial score (nSPS) is 14.7. The molecule has 2 nitrogen and oxygen atoms in total. The molecule has 1 rings (SSSR count). The Morgan fingerprint density at radius 1 is 1.26 bits per heavy atom. The molecule has 0 amide bonds. The monoisotopic (exact) mass is 297 g/mol. The van der Waals surface area contributed by atoms with E-state index in [0.29, 0.717) is 5.56 Å². The molecule has 2 atom stereocenters. The lowest BCUT2D eigenvalue weighted by molar-refractivity contribution is -0.138. The van der Waals surface area contributed by atoms with Crippen LogP contribution in [-0.2, 0) is 12.6 Å². The zero-order chi connectivity index (χ0) is 13.9. The molecule has 0 aromatic heterocycles. The second-order valence-corrected chi connectivity index (χ2v) is 4.55. The van der Waals surface area contributed by atoms with Crippen molar-refractivity contribution >= 4 is 12.4 Å². The number of hydrogen-bond donors (Lipinski definition) is 2. The minimum atomic E-state index is -4.39. The molecule has 0 saturated heterocycles. The maximum absolute atomic E-state index is 12.9. The van der Waals surface area contributed by atoms with E-state index in [1.165, 1.54) is 6.07 Å². The molecule has 0 saturated carbocycles. The largest absolute Gasteiger partial charge is 0.416 e. The van der Waals surface area contributed by atoms with Crippen LogP contribution in [0.15, 0.2) is 18.2 Å². The Bertz CT molecular complexity index is 405. The zero-order valence-corrected chi connectivity index (χ0v) is 11.7. The molecule has 0 spiro atoms. The van der Waals surface area contributed by atoms with E-state index in [9.17, 15) is 18.3 Å². The van der Waals surface area contributed by atoms with Crippen LogP contribution in [-0.4, -0.2) is 11.2 Å². The van der Waals surface area contributed by atoms with Gasteiger partial charge in [0, 0.05) is 6.04 Å². The molecule has 0 radical (unpaired) electrons. The Morgan fingerprint density at radius 2 is 1.84 bits per heavy atom. The van der Waals surface area contributed by atoms with Crippen LogP contribution in [0.3, 0.4) is 0 Å². The molecule has 0 fully saturated rings. The van der Waals surface area contributed by atoms with E-state index in [1.807, 2.05) is 0 Å². The predicted octanol–water partition coefficient (Wildman–Crippen LogP) is 3.46. The second kappa shape index (κ2) is 7.12. The van der Waals surface area contributed by atoms with Crippen molar-refractivity contribution in [3.8, 4) is 0 Å². The van der Waals surface area contributed by atoms with Crippen LogP contribution >= 0.6 is 12.4 Å². The molecule has 0 aliphatic heterocycles. The molecular weight excluding hydrogens is 279 g/mol. The first-order chi connectivity index (χ1) is 8.23. The molecule has 0 heterocycles.